The molecule has 1 N–H and O–H groups in total. The second-order valence-corrected chi connectivity index (χ2v) is 11.3. The molecule has 0 aliphatic heterocycles. The number of carbonyl (C=O) groups is 2. The van der Waals surface area contributed by atoms with E-state index in [0.717, 1.165) is 58.0 Å². The molecule has 0 bridgehead atoms. The van der Waals surface area contributed by atoms with E-state index >= 15 is 0 Å². The number of hydrogen-bond acceptors (Lipinski definition) is 2. The number of carbonyl (C=O) groups excluding carboxylic acids is 2. The highest BCUT2D eigenvalue weighted by Crippen LogP contribution is 2.21. The molecule has 1 aliphatic rings. The summed E-state index contributed by atoms with van der Waals surface area (Å²) in [6.45, 7) is 4.49. The third-order valence-corrected chi connectivity index (χ3v) is 7.65. The fourth-order valence-corrected chi connectivity index (χ4v) is 5.60. The maximum Gasteiger partial charge on any atom is 0.243 e. The van der Waals surface area contributed by atoms with Gasteiger partial charge in [0.15, 0.2) is 0 Å². The molecule has 0 unspecified atom stereocenters. The van der Waals surface area contributed by atoms with Gasteiger partial charge in [0.05, 0.1) is 6.42 Å². The summed E-state index contributed by atoms with van der Waals surface area (Å²) < 4.78 is 0.986. The first-order valence-electron chi connectivity index (χ1n) is 13.3. The molecule has 1 fully saturated rings. The van der Waals surface area contributed by atoms with Gasteiger partial charge in [-0.1, -0.05) is 107 Å². The Morgan fingerprint density at radius 1 is 0.865 bits per heavy atom. The number of rotatable bonds is 9. The quantitative estimate of drug-likeness (QED) is 0.316. The highest BCUT2D eigenvalue weighted by Gasteiger charge is 2.32. The van der Waals surface area contributed by atoms with E-state index in [-0.39, 0.29) is 24.3 Å². The molecule has 4 rings (SSSR count). The van der Waals surface area contributed by atoms with Crippen LogP contribution in [0.5, 0.6) is 0 Å². The summed E-state index contributed by atoms with van der Waals surface area (Å²) in [4.78, 5) is 29.6. The van der Waals surface area contributed by atoms with Gasteiger partial charge in [-0.2, -0.15) is 0 Å². The van der Waals surface area contributed by atoms with Gasteiger partial charge in [-0.3, -0.25) is 9.59 Å². The summed E-state index contributed by atoms with van der Waals surface area (Å²) in [5, 5.41) is 3.31. The lowest BCUT2D eigenvalue weighted by atomic mass is 9.94. The molecule has 5 heteroatoms. The number of amides is 2. The number of benzene rings is 3. The lowest BCUT2D eigenvalue weighted by Gasteiger charge is -2.33. The first-order valence-corrected chi connectivity index (χ1v) is 14.1. The van der Waals surface area contributed by atoms with Crippen molar-refractivity contribution >= 4 is 27.7 Å². The molecular formula is C32H37BrN2O2. The molecule has 3 aromatic rings. The third-order valence-electron chi connectivity index (χ3n) is 7.13. The summed E-state index contributed by atoms with van der Waals surface area (Å²) in [5.74, 6) is -0.0886. The van der Waals surface area contributed by atoms with Crippen LogP contribution in [0.4, 0.5) is 0 Å². The van der Waals surface area contributed by atoms with Gasteiger partial charge in [0.1, 0.15) is 6.04 Å². The second kappa shape index (κ2) is 13.0. The molecule has 4 nitrogen and oxygen atoms in total. The zero-order valence-corrected chi connectivity index (χ0v) is 23.5. The summed E-state index contributed by atoms with van der Waals surface area (Å²) in [6, 6.07) is 23.9. The average molecular weight is 562 g/mol. The van der Waals surface area contributed by atoms with E-state index in [0.29, 0.717) is 13.0 Å². The number of nitrogens with one attached hydrogen (secondary N) is 1. The fraction of sp³-hybridized carbons (Fsp3) is 0.375. The van der Waals surface area contributed by atoms with Crippen molar-refractivity contribution in [3.8, 4) is 0 Å². The zero-order chi connectivity index (χ0) is 26.2. The van der Waals surface area contributed by atoms with Crippen LogP contribution in [0.15, 0.2) is 77.3 Å². The summed E-state index contributed by atoms with van der Waals surface area (Å²) in [6.07, 6.45) is 6.27. The van der Waals surface area contributed by atoms with Gasteiger partial charge in [0, 0.05) is 23.5 Å². The van der Waals surface area contributed by atoms with Crippen LogP contribution in [0.25, 0.3) is 0 Å². The van der Waals surface area contributed by atoms with Crippen molar-refractivity contribution in [2.45, 2.75) is 77.4 Å². The van der Waals surface area contributed by atoms with E-state index in [4.69, 9.17) is 0 Å². The minimum Gasteiger partial charge on any atom is -0.352 e. The van der Waals surface area contributed by atoms with Crippen molar-refractivity contribution < 1.29 is 9.59 Å². The molecule has 0 radical (unpaired) electrons. The van der Waals surface area contributed by atoms with Crippen LogP contribution in [0.2, 0.25) is 0 Å². The minimum absolute atomic E-state index is 0.0346. The van der Waals surface area contributed by atoms with Gasteiger partial charge < -0.3 is 10.2 Å². The van der Waals surface area contributed by atoms with Crippen molar-refractivity contribution in [2.24, 2.45) is 0 Å². The maximum absolute atomic E-state index is 14.0. The van der Waals surface area contributed by atoms with Crippen molar-refractivity contribution in [2.75, 3.05) is 0 Å². The molecule has 37 heavy (non-hydrogen) atoms. The van der Waals surface area contributed by atoms with Crippen LogP contribution >= 0.6 is 15.9 Å². The zero-order valence-electron chi connectivity index (χ0n) is 21.9. The lowest BCUT2D eigenvalue weighted by Crippen LogP contribution is -2.53. The summed E-state index contributed by atoms with van der Waals surface area (Å²) in [7, 11) is 0. The molecule has 0 saturated heterocycles. The fourth-order valence-electron chi connectivity index (χ4n) is 5.33. The number of aryl methyl sites for hydroxylation is 2. The normalized spacial score (nSPS) is 14.7. The molecule has 1 aliphatic carbocycles. The van der Waals surface area contributed by atoms with Crippen LogP contribution in [-0.4, -0.2) is 28.8 Å². The Morgan fingerprint density at radius 3 is 2.16 bits per heavy atom. The van der Waals surface area contributed by atoms with Gasteiger partial charge in [0.2, 0.25) is 11.8 Å². The van der Waals surface area contributed by atoms with Gasteiger partial charge in [-0.15, -0.1) is 0 Å². The van der Waals surface area contributed by atoms with Gasteiger partial charge in [0.25, 0.3) is 0 Å². The second-order valence-electron chi connectivity index (χ2n) is 10.4. The predicted octanol–water partition coefficient (Wildman–Crippen LogP) is 6.70. The number of hydrogen-bond donors (Lipinski definition) is 1. The van der Waals surface area contributed by atoms with Gasteiger partial charge in [-0.25, -0.2) is 0 Å². The lowest BCUT2D eigenvalue weighted by molar-refractivity contribution is -0.141. The minimum atomic E-state index is -0.591. The Kier molecular flexibility index (Phi) is 9.56. The smallest absolute Gasteiger partial charge is 0.243 e. The Balaban J connectivity index is 1.66. The van der Waals surface area contributed by atoms with E-state index in [1.54, 1.807) is 4.90 Å². The molecular weight excluding hydrogens is 524 g/mol. The number of nitrogens with zero attached hydrogens (tertiary/aromatic N) is 1. The van der Waals surface area contributed by atoms with E-state index in [1.807, 2.05) is 54.6 Å². The average Bonchev–Trinajstić information content (AvgIpc) is 2.87. The maximum atomic E-state index is 14.0. The number of halogens is 1. The predicted molar refractivity (Wildman–Crippen MR) is 153 cm³/mol. The van der Waals surface area contributed by atoms with E-state index < -0.39 is 6.04 Å². The van der Waals surface area contributed by atoms with Crippen LogP contribution in [-0.2, 0) is 29.0 Å². The Labute approximate surface area is 229 Å². The van der Waals surface area contributed by atoms with E-state index in [2.05, 4.69) is 53.3 Å². The molecule has 1 saturated carbocycles. The SMILES string of the molecule is Cc1cc(C)cc(CC(=O)N(Cc2ccc(Br)cc2)[C@@H](Cc2ccccc2)C(=O)NC2CCCCC2)c1. The molecule has 0 spiro atoms. The third kappa shape index (κ3) is 8.03. The summed E-state index contributed by atoms with van der Waals surface area (Å²) >= 11 is 3.51. The monoisotopic (exact) mass is 560 g/mol. The van der Waals surface area contributed by atoms with Crippen molar-refractivity contribution in [3.05, 3.63) is 105 Å². The molecule has 0 heterocycles. The standard InChI is InChI=1S/C32H37BrN2O2/c1-23-17-24(2)19-27(18-23)21-31(36)35(22-26-13-15-28(33)16-14-26)30(20-25-9-5-3-6-10-25)32(37)34-29-11-7-4-8-12-29/h3,5-6,9-10,13-19,29-30H,4,7-8,11-12,20-22H2,1-2H3,(H,34,37)/t30-/m0/s1. The van der Waals surface area contributed by atoms with E-state index in [1.165, 1.54) is 6.42 Å². The van der Waals surface area contributed by atoms with Gasteiger partial charge in [-0.05, 0) is 55.5 Å². The summed E-state index contributed by atoms with van der Waals surface area (Å²) in [5.41, 5.74) is 5.30. The van der Waals surface area contributed by atoms with Crippen molar-refractivity contribution in [3.63, 3.8) is 0 Å². The Hall–Kier alpha value is -2.92. The molecule has 3 aromatic carbocycles. The topological polar surface area (TPSA) is 49.4 Å². The van der Waals surface area contributed by atoms with Crippen molar-refractivity contribution in [1.29, 1.82) is 0 Å². The van der Waals surface area contributed by atoms with Gasteiger partial charge >= 0.3 is 0 Å². The van der Waals surface area contributed by atoms with Crippen molar-refractivity contribution in [1.82, 2.24) is 10.2 Å². The molecule has 194 valence electrons. The highest BCUT2D eigenvalue weighted by molar-refractivity contribution is 9.10. The Morgan fingerprint density at radius 2 is 1.51 bits per heavy atom. The first-order chi connectivity index (χ1) is 17.9. The molecule has 2 amide bonds. The highest BCUT2D eigenvalue weighted by atomic mass is 79.9. The van der Waals surface area contributed by atoms with Crippen LogP contribution in [0.1, 0.15) is 59.9 Å². The molecule has 1 atom stereocenters. The van der Waals surface area contributed by atoms with Crippen LogP contribution in [0.3, 0.4) is 0 Å². The van der Waals surface area contributed by atoms with E-state index in [9.17, 15) is 9.59 Å². The van der Waals surface area contributed by atoms with Crippen LogP contribution < -0.4 is 5.32 Å². The molecule has 0 aromatic heterocycles. The first kappa shape index (κ1) is 27.1. The Bertz CT molecular complexity index is 1170. The largest absolute Gasteiger partial charge is 0.352 e. The van der Waals surface area contributed by atoms with Crippen LogP contribution in [0, 0.1) is 13.8 Å².